The van der Waals surface area contributed by atoms with Crippen LogP contribution in [0.15, 0.2) is 77.3 Å². The third-order valence-corrected chi connectivity index (χ3v) is 8.16. The number of amides is 1. The van der Waals surface area contributed by atoms with Gasteiger partial charge in [-0.2, -0.15) is 0 Å². The minimum atomic E-state index is -1.17. The van der Waals surface area contributed by atoms with Gasteiger partial charge in [0.05, 0.1) is 5.56 Å². The van der Waals surface area contributed by atoms with Gasteiger partial charge in [0.1, 0.15) is 23.3 Å². The summed E-state index contributed by atoms with van der Waals surface area (Å²) in [5.74, 6) is 0.106. The molecule has 0 saturated carbocycles. The van der Waals surface area contributed by atoms with Crippen LogP contribution in [0.3, 0.4) is 0 Å². The Morgan fingerprint density at radius 2 is 1.72 bits per heavy atom. The van der Waals surface area contributed by atoms with Crippen LogP contribution < -0.4 is 10.1 Å². The minimum Gasteiger partial charge on any atom is -0.492 e. The Bertz CT molecular complexity index is 1290. The number of likely N-dealkylation sites (tertiary alicyclic amines) is 1. The molecule has 3 aliphatic rings. The molecule has 3 atom stereocenters. The highest BCUT2D eigenvalue weighted by Gasteiger charge is 2.75. The van der Waals surface area contributed by atoms with Gasteiger partial charge in [-0.05, 0) is 36.9 Å². The van der Waals surface area contributed by atoms with Crippen molar-refractivity contribution in [1.29, 1.82) is 0 Å². The van der Waals surface area contributed by atoms with Crippen LogP contribution >= 0.6 is 15.9 Å². The van der Waals surface area contributed by atoms with E-state index in [0.717, 1.165) is 21.3 Å². The molecule has 3 aromatic carbocycles. The molecule has 32 heavy (non-hydrogen) atoms. The van der Waals surface area contributed by atoms with Crippen LogP contribution in [0.1, 0.15) is 27.4 Å². The molecule has 0 radical (unpaired) electrons. The van der Waals surface area contributed by atoms with Gasteiger partial charge in [-0.15, -0.1) is 0 Å². The van der Waals surface area contributed by atoms with E-state index < -0.39 is 11.0 Å². The third-order valence-electron chi connectivity index (χ3n) is 7.44. The first kappa shape index (κ1) is 19.7. The van der Waals surface area contributed by atoms with Crippen molar-refractivity contribution in [2.75, 3.05) is 25.5 Å². The molecule has 6 heteroatoms. The maximum Gasteiger partial charge on any atom is 0.250 e. The number of fused-ring (bicyclic) bond motifs is 4. The van der Waals surface area contributed by atoms with Crippen molar-refractivity contribution in [3.8, 4) is 5.75 Å². The maximum absolute atomic E-state index is 14.5. The van der Waals surface area contributed by atoms with Gasteiger partial charge >= 0.3 is 0 Å². The minimum absolute atomic E-state index is 0.0451. The highest BCUT2D eigenvalue weighted by atomic mass is 79.9. The highest BCUT2D eigenvalue weighted by Crippen LogP contribution is 2.64. The zero-order valence-electron chi connectivity index (χ0n) is 17.5. The van der Waals surface area contributed by atoms with E-state index in [1.54, 1.807) is 6.07 Å². The average Bonchev–Trinajstić information content (AvgIpc) is 3.25. The van der Waals surface area contributed by atoms with Crippen LogP contribution in [0.4, 0.5) is 5.69 Å². The lowest BCUT2D eigenvalue weighted by molar-refractivity contribution is -0.131. The van der Waals surface area contributed by atoms with Gasteiger partial charge < -0.3 is 10.1 Å². The van der Waals surface area contributed by atoms with Gasteiger partial charge in [-0.25, -0.2) is 0 Å². The second-order valence-electron chi connectivity index (χ2n) is 8.75. The van der Waals surface area contributed by atoms with Crippen LogP contribution in [0.5, 0.6) is 5.75 Å². The van der Waals surface area contributed by atoms with E-state index in [4.69, 9.17) is 4.74 Å². The number of benzene rings is 3. The number of ether oxygens (including phenoxy) is 1. The summed E-state index contributed by atoms with van der Waals surface area (Å²) in [4.78, 5) is 30.4. The fraction of sp³-hybridized carbons (Fsp3) is 0.231. The van der Waals surface area contributed by atoms with Crippen molar-refractivity contribution in [2.45, 2.75) is 11.5 Å². The standard InChI is InChI=1S/C26H21BrN2O3/c1-29-14-19(16-8-2-5-11-20(16)27)25(15-32-22-13-7-3-9-17(22)23(25)30)26(29)18-10-4-6-12-21(18)28-24(26)31/h2-13,19H,14-15H2,1H3,(H,28,31)/t19-,25-,26-/m0/s1. The van der Waals surface area contributed by atoms with Crippen LogP contribution in [0.2, 0.25) is 0 Å². The van der Waals surface area contributed by atoms with Crippen molar-refractivity contribution in [3.05, 3.63) is 94.0 Å². The quantitative estimate of drug-likeness (QED) is 0.544. The zero-order chi connectivity index (χ0) is 22.1. The Labute approximate surface area is 194 Å². The SMILES string of the molecule is CN1C[C@@H](c2ccccc2Br)[C@]2(COc3ccccc3C2=O)[C@]12C(=O)Nc1ccccc12. The number of rotatable bonds is 1. The number of nitrogens with one attached hydrogen (secondary N) is 1. The van der Waals surface area contributed by atoms with E-state index in [0.29, 0.717) is 17.9 Å². The molecule has 1 saturated heterocycles. The van der Waals surface area contributed by atoms with Gasteiger partial charge in [0, 0.05) is 28.2 Å². The number of carbonyl (C=O) groups is 2. The summed E-state index contributed by atoms with van der Waals surface area (Å²) in [5.41, 5.74) is 0.819. The fourth-order valence-corrected chi connectivity index (χ4v) is 6.71. The Balaban J connectivity index is 1.69. The van der Waals surface area contributed by atoms with Crippen molar-refractivity contribution in [3.63, 3.8) is 0 Å². The molecule has 3 aliphatic heterocycles. The molecule has 0 aromatic heterocycles. The van der Waals surface area contributed by atoms with Crippen LogP contribution in [0.25, 0.3) is 0 Å². The summed E-state index contributed by atoms with van der Waals surface area (Å²) < 4.78 is 7.20. The predicted octanol–water partition coefficient (Wildman–Crippen LogP) is 4.59. The third kappa shape index (κ3) is 2.21. The summed E-state index contributed by atoms with van der Waals surface area (Å²) in [6.07, 6.45) is 0. The number of para-hydroxylation sites is 2. The van der Waals surface area contributed by atoms with Crippen LogP contribution in [0, 0.1) is 5.41 Å². The topological polar surface area (TPSA) is 58.6 Å². The highest BCUT2D eigenvalue weighted by molar-refractivity contribution is 9.10. The first-order chi connectivity index (χ1) is 15.5. The molecule has 5 nitrogen and oxygen atoms in total. The second-order valence-corrected chi connectivity index (χ2v) is 9.60. The first-order valence-electron chi connectivity index (χ1n) is 10.6. The van der Waals surface area contributed by atoms with Gasteiger partial charge in [-0.3, -0.25) is 14.5 Å². The molecule has 3 aromatic rings. The predicted molar refractivity (Wildman–Crippen MR) is 125 cm³/mol. The number of nitrogens with zero attached hydrogens (tertiary/aromatic N) is 1. The van der Waals surface area contributed by atoms with E-state index in [-0.39, 0.29) is 24.2 Å². The summed E-state index contributed by atoms with van der Waals surface area (Å²) >= 11 is 3.70. The molecule has 1 N–H and O–H groups in total. The monoisotopic (exact) mass is 488 g/mol. The number of hydrogen-bond acceptors (Lipinski definition) is 4. The maximum atomic E-state index is 14.5. The summed E-state index contributed by atoms with van der Waals surface area (Å²) in [6.45, 7) is 0.669. The first-order valence-corrected chi connectivity index (χ1v) is 11.4. The Morgan fingerprint density at radius 3 is 2.56 bits per heavy atom. The van der Waals surface area contributed by atoms with Crippen molar-refractivity contribution in [2.24, 2.45) is 5.41 Å². The lowest BCUT2D eigenvalue weighted by Gasteiger charge is -2.47. The van der Waals surface area contributed by atoms with E-state index >= 15 is 0 Å². The number of hydrogen-bond donors (Lipinski definition) is 1. The van der Waals surface area contributed by atoms with Gasteiger partial charge in [0.15, 0.2) is 5.78 Å². The van der Waals surface area contributed by atoms with E-state index in [2.05, 4.69) is 21.2 Å². The number of ketones is 1. The normalized spacial score (nSPS) is 28.5. The van der Waals surface area contributed by atoms with E-state index in [1.165, 1.54) is 0 Å². The van der Waals surface area contributed by atoms with Crippen molar-refractivity contribution < 1.29 is 14.3 Å². The molecule has 0 bridgehead atoms. The van der Waals surface area contributed by atoms with E-state index in [1.807, 2.05) is 78.7 Å². The lowest BCUT2D eigenvalue weighted by Crippen LogP contribution is -2.62. The zero-order valence-corrected chi connectivity index (χ0v) is 19.1. The number of likely N-dealkylation sites (N-methyl/N-ethyl adjacent to an activating group) is 1. The number of Topliss-reactive ketones (excluding diaryl/α,β-unsaturated/α-hetero) is 1. The molecule has 160 valence electrons. The number of halogens is 1. The summed E-state index contributed by atoms with van der Waals surface area (Å²) in [5, 5.41) is 3.06. The Hall–Kier alpha value is -2.96. The second kappa shape index (κ2) is 6.77. The molecule has 1 amide bonds. The molecule has 1 fully saturated rings. The largest absolute Gasteiger partial charge is 0.492 e. The van der Waals surface area contributed by atoms with Crippen molar-refractivity contribution >= 4 is 33.3 Å². The van der Waals surface area contributed by atoms with E-state index in [9.17, 15) is 9.59 Å². The average molecular weight is 489 g/mol. The smallest absolute Gasteiger partial charge is 0.250 e. The van der Waals surface area contributed by atoms with Crippen LogP contribution in [-0.4, -0.2) is 36.8 Å². The van der Waals surface area contributed by atoms with Crippen molar-refractivity contribution in [1.82, 2.24) is 4.90 Å². The molecule has 2 spiro atoms. The lowest BCUT2D eigenvalue weighted by atomic mass is 9.57. The van der Waals surface area contributed by atoms with Gasteiger partial charge in [0.25, 0.3) is 5.91 Å². The molecule has 3 heterocycles. The Morgan fingerprint density at radius 1 is 1.00 bits per heavy atom. The molecular weight excluding hydrogens is 468 g/mol. The number of anilines is 1. The fourth-order valence-electron chi connectivity index (χ4n) is 6.15. The Kier molecular flexibility index (Phi) is 4.17. The molecule has 0 aliphatic carbocycles. The number of carbonyl (C=O) groups excluding carboxylic acids is 2. The molecule has 0 unspecified atom stereocenters. The van der Waals surface area contributed by atoms with Crippen LogP contribution in [-0.2, 0) is 10.3 Å². The summed E-state index contributed by atoms with van der Waals surface area (Å²) in [6, 6.07) is 23.0. The molecular formula is C26H21BrN2O3. The molecule has 6 rings (SSSR count). The summed E-state index contributed by atoms with van der Waals surface area (Å²) in [7, 11) is 1.94. The van der Waals surface area contributed by atoms with Gasteiger partial charge in [-0.1, -0.05) is 64.5 Å². The van der Waals surface area contributed by atoms with Gasteiger partial charge in [0.2, 0.25) is 0 Å².